The molecule has 0 radical (unpaired) electrons. The van der Waals surface area contributed by atoms with Crippen LogP contribution in [-0.2, 0) is 9.59 Å². The van der Waals surface area contributed by atoms with Crippen molar-refractivity contribution in [1.29, 1.82) is 0 Å². The Morgan fingerprint density at radius 1 is 1.32 bits per heavy atom. The lowest BCUT2D eigenvalue weighted by molar-refractivity contribution is -0.135. The molecule has 0 spiro atoms. The van der Waals surface area contributed by atoms with Crippen molar-refractivity contribution in [2.45, 2.75) is 0 Å². The molecule has 4 nitrogen and oxygen atoms in total. The third-order valence-corrected chi connectivity index (χ3v) is 3.66. The highest BCUT2D eigenvalue weighted by atomic mass is 32.2. The molecule has 2 amide bonds. The fraction of sp³-hybridized carbons (Fsp3) is 0.286. The van der Waals surface area contributed by atoms with Gasteiger partial charge in [-0.25, -0.2) is 0 Å². The van der Waals surface area contributed by atoms with Crippen molar-refractivity contribution in [1.82, 2.24) is 9.80 Å². The van der Waals surface area contributed by atoms with Crippen molar-refractivity contribution < 1.29 is 9.59 Å². The zero-order chi connectivity index (χ0) is 13.8. The van der Waals surface area contributed by atoms with E-state index in [1.807, 2.05) is 35.7 Å². The number of thioether (sulfide) groups is 1. The van der Waals surface area contributed by atoms with Crippen LogP contribution in [-0.4, -0.2) is 48.0 Å². The van der Waals surface area contributed by atoms with E-state index >= 15 is 0 Å². The van der Waals surface area contributed by atoms with E-state index < -0.39 is 0 Å². The Labute approximate surface area is 117 Å². The second-order valence-electron chi connectivity index (χ2n) is 4.45. The van der Waals surface area contributed by atoms with Crippen LogP contribution >= 0.6 is 11.8 Å². The highest BCUT2D eigenvalue weighted by Crippen LogP contribution is 2.27. The van der Waals surface area contributed by atoms with Crippen LogP contribution < -0.4 is 0 Å². The van der Waals surface area contributed by atoms with Gasteiger partial charge < -0.3 is 9.80 Å². The van der Waals surface area contributed by atoms with Crippen molar-refractivity contribution >= 4 is 29.3 Å². The average molecular weight is 276 g/mol. The first-order valence-electron chi connectivity index (χ1n) is 5.97. The third kappa shape index (κ3) is 3.17. The molecule has 2 rings (SSSR count). The Hall–Kier alpha value is -1.75. The van der Waals surface area contributed by atoms with Crippen LogP contribution in [0.4, 0.5) is 0 Å². The SMILES string of the molecule is CN(C)C(=O)CN1C(=O)CSC=C1c1ccccc1. The molecule has 1 aliphatic heterocycles. The average Bonchev–Trinajstić information content (AvgIpc) is 2.41. The van der Waals surface area contributed by atoms with Gasteiger partial charge in [0, 0.05) is 14.1 Å². The number of rotatable bonds is 3. The van der Waals surface area contributed by atoms with E-state index in [2.05, 4.69) is 0 Å². The van der Waals surface area contributed by atoms with Crippen LogP contribution in [0.3, 0.4) is 0 Å². The van der Waals surface area contributed by atoms with Gasteiger partial charge in [0.15, 0.2) is 0 Å². The minimum Gasteiger partial charge on any atom is -0.347 e. The molecule has 1 aliphatic rings. The summed E-state index contributed by atoms with van der Waals surface area (Å²) >= 11 is 1.47. The van der Waals surface area contributed by atoms with Crippen LogP contribution in [0.5, 0.6) is 0 Å². The van der Waals surface area contributed by atoms with Gasteiger partial charge in [0.2, 0.25) is 11.8 Å². The van der Waals surface area contributed by atoms with Gasteiger partial charge >= 0.3 is 0 Å². The molecule has 0 aliphatic carbocycles. The van der Waals surface area contributed by atoms with Gasteiger partial charge in [0.05, 0.1) is 11.4 Å². The molecular formula is C14H16N2O2S. The van der Waals surface area contributed by atoms with E-state index in [1.165, 1.54) is 16.7 Å². The minimum atomic E-state index is -0.0814. The number of nitrogens with zero attached hydrogens (tertiary/aromatic N) is 2. The molecule has 0 saturated heterocycles. The summed E-state index contributed by atoms with van der Waals surface area (Å²) in [6.45, 7) is 0.0904. The lowest BCUT2D eigenvalue weighted by Gasteiger charge is -2.29. The first-order chi connectivity index (χ1) is 9.09. The smallest absolute Gasteiger partial charge is 0.242 e. The second kappa shape index (κ2) is 5.93. The number of carbonyl (C=O) groups is 2. The van der Waals surface area contributed by atoms with Crippen LogP contribution in [0.25, 0.3) is 5.70 Å². The lowest BCUT2D eigenvalue weighted by Crippen LogP contribution is -2.41. The van der Waals surface area contributed by atoms with Crippen molar-refractivity contribution in [2.24, 2.45) is 0 Å². The Balaban J connectivity index is 2.27. The van der Waals surface area contributed by atoms with Crippen LogP contribution in [0.1, 0.15) is 5.56 Å². The number of likely N-dealkylation sites (N-methyl/N-ethyl adjacent to an activating group) is 1. The number of carbonyl (C=O) groups excluding carboxylic acids is 2. The Bertz CT molecular complexity index is 511. The van der Waals surface area contributed by atoms with Gasteiger partial charge in [-0.15, -0.1) is 11.8 Å². The minimum absolute atomic E-state index is 0.0263. The maximum atomic E-state index is 12.0. The molecule has 0 bridgehead atoms. The zero-order valence-corrected chi connectivity index (χ0v) is 11.8. The Morgan fingerprint density at radius 2 is 2.00 bits per heavy atom. The molecule has 100 valence electrons. The molecule has 1 aromatic carbocycles. The maximum Gasteiger partial charge on any atom is 0.242 e. The Kier molecular flexibility index (Phi) is 4.27. The molecule has 19 heavy (non-hydrogen) atoms. The number of hydrogen-bond donors (Lipinski definition) is 0. The molecule has 0 N–H and O–H groups in total. The van der Waals surface area contributed by atoms with E-state index in [0.29, 0.717) is 5.75 Å². The van der Waals surface area contributed by atoms with E-state index in [9.17, 15) is 9.59 Å². The summed E-state index contributed by atoms with van der Waals surface area (Å²) in [6, 6.07) is 9.66. The first-order valence-corrected chi connectivity index (χ1v) is 7.02. The highest BCUT2D eigenvalue weighted by Gasteiger charge is 2.25. The molecule has 0 fully saturated rings. The number of hydrogen-bond acceptors (Lipinski definition) is 3. The Morgan fingerprint density at radius 3 is 2.63 bits per heavy atom. The van der Waals surface area contributed by atoms with Crippen molar-refractivity contribution in [3.63, 3.8) is 0 Å². The molecule has 1 aromatic rings. The summed E-state index contributed by atoms with van der Waals surface area (Å²) in [5, 5.41) is 1.94. The maximum absolute atomic E-state index is 12.0. The van der Waals surface area contributed by atoms with E-state index in [0.717, 1.165) is 11.3 Å². The predicted octanol–water partition coefficient (Wildman–Crippen LogP) is 1.65. The summed E-state index contributed by atoms with van der Waals surface area (Å²) in [5.74, 6) is 0.278. The fourth-order valence-corrected chi connectivity index (χ4v) is 2.55. The van der Waals surface area contributed by atoms with Crippen LogP contribution in [0, 0.1) is 0 Å². The molecule has 0 atom stereocenters. The van der Waals surface area contributed by atoms with Gasteiger partial charge in [-0.2, -0.15) is 0 Å². The standard InChI is InChI=1S/C14H16N2O2S/c1-15(2)13(17)8-16-12(9-19-10-14(16)18)11-6-4-3-5-7-11/h3-7,9H,8,10H2,1-2H3. The molecule has 5 heteroatoms. The normalized spacial score (nSPS) is 15.2. The molecular weight excluding hydrogens is 260 g/mol. The second-order valence-corrected chi connectivity index (χ2v) is 5.31. The fourth-order valence-electron chi connectivity index (χ4n) is 1.75. The summed E-state index contributed by atoms with van der Waals surface area (Å²) < 4.78 is 0. The molecule has 0 saturated carbocycles. The van der Waals surface area contributed by atoms with Gasteiger partial charge in [-0.1, -0.05) is 30.3 Å². The topological polar surface area (TPSA) is 40.6 Å². The van der Waals surface area contributed by atoms with Gasteiger partial charge in [0.25, 0.3) is 0 Å². The molecule has 1 heterocycles. The highest BCUT2D eigenvalue weighted by molar-refractivity contribution is 8.03. The van der Waals surface area contributed by atoms with Crippen LogP contribution in [0.2, 0.25) is 0 Å². The van der Waals surface area contributed by atoms with Crippen molar-refractivity contribution in [2.75, 3.05) is 26.4 Å². The zero-order valence-electron chi connectivity index (χ0n) is 11.0. The quantitative estimate of drug-likeness (QED) is 0.843. The summed E-state index contributed by atoms with van der Waals surface area (Å²) in [6.07, 6.45) is 0. The first kappa shape index (κ1) is 13.7. The van der Waals surface area contributed by atoms with Crippen molar-refractivity contribution in [3.05, 3.63) is 41.3 Å². The van der Waals surface area contributed by atoms with Gasteiger partial charge in [-0.3, -0.25) is 9.59 Å². The number of benzene rings is 1. The lowest BCUT2D eigenvalue weighted by atomic mass is 10.1. The predicted molar refractivity (Wildman–Crippen MR) is 77.3 cm³/mol. The largest absolute Gasteiger partial charge is 0.347 e. The monoisotopic (exact) mass is 276 g/mol. The van der Waals surface area contributed by atoms with Gasteiger partial charge in [-0.05, 0) is 11.0 Å². The summed E-state index contributed by atoms with van der Waals surface area (Å²) in [4.78, 5) is 26.9. The van der Waals surface area contributed by atoms with E-state index in [-0.39, 0.29) is 18.4 Å². The summed E-state index contributed by atoms with van der Waals surface area (Å²) in [5.41, 5.74) is 1.76. The third-order valence-electron chi connectivity index (χ3n) is 2.86. The molecule has 0 aromatic heterocycles. The van der Waals surface area contributed by atoms with E-state index in [1.54, 1.807) is 19.0 Å². The van der Waals surface area contributed by atoms with Gasteiger partial charge in [0.1, 0.15) is 6.54 Å². The van der Waals surface area contributed by atoms with E-state index in [4.69, 9.17) is 0 Å². The summed E-state index contributed by atoms with van der Waals surface area (Å²) in [7, 11) is 3.38. The number of amides is 2. The van der Waals surface area contributed by atoms with Crippen molar-refractivity contribution in [3.8, 4) is 0 Å². The molecule has 0 unspecified atom stereocenters. The van der Waals surface area contributed by atoms with Crippen LogP contribution in [0.15, 0.2) is 35.7 Å².